The van der Waals surface area contributed by atoms with Gasteiger partial charge in [0.15, 0.2) is 5.75 Å². The molecule has 0 atom stereocenters. The van der Waals surface area contributed by atoms with Crippen LogP contribution in [0.4, 0.5) is 5.95 Å². The third kappa shape index (κ3) is 3.98. The molecule has 0 aliphatic rings. The molecule has 0 fully saturated rings. The first-order valence-electron chi connectivity index (χ1n) is 6.65. The fraction of sp³-hybridized carbons (Fsp3) is 0.462. The second-order valence-electron chi connectivity index (χ2n) is 4.73. The molecule has 0 aliphatic heterocycles. The molecule has 8 heteroatoms. The van der Waals surface area contributed by atoms with Crippen molar-refractivity contribution in [3.05, 3.63) is 27.7 Å². The molecule has 0 saturated carbocycles. The maximum absolute atomic E-state index is 6.22. The number of aromatic nitrogens is 4. The van der Waals surface area contributed by atoms with Crippen LogP contribution in [0.5, 0.6) is 5.75 Å². The Morgan fingerprint density at radius 3 is 2.52 bits per heavy atom. The number of hydrogen-bond donors (Lipinski definition) is 1. The molecule has 0 amide bonds. The van der Waals surface area contributed by atoms with Crippen LogP contribution >= 0.6 is 23.2 Å². The van der Waals surface area contributed by atoms with Crippen LogP contribution in [0.3, 0.4) is 0 Å². The van der Waals surface area contributed by atoms with E-state index in [4.69, 9.17) is 27.9 Å². The average Bonchev–Trinajstić information content (AvgIpc) is 2.87. The van der Waals surface area contributed by atoms with Crippen LogP contribution in [0.25, 0.3) is 0 Å². The summed E-state index contributed by atoms with van der Waals surface area (Å²) >= 11 is 12.4. The number of benzene rings is 1. The molecule has 6 nitrogen and oxygen atoms in total. The maximum atomic E-state index is 6.22. The quantitative estimate of drug-likeness (QED) is 0.879. The zero-order valence-electron chi connectivity index (χ0n) is 12.1. The second-order valence-corrected chi connectivity index (χ2v) is 5.54. The maximum Gasteiger partial charge on any atom is 0.243 e. The summed E-state index contributed by atoms with van der Waals surface area (Å²) in [6.45, 7) is 7.02. The predicted molar refractivity (Wildman–Crippen MR) is 83.0 cm³/mol. The summed E-state index contributed by atoms with van der Waals surface area (Å²) in [5.41, 5.74) is 0.923. The van der Waals surface area contributed by atoms with Crippen molar-refractivity contribution in [2.75, 3.05) is 5.32 Å². The van der Waals surface area contributed by atoms with E-state index in [0.29, 0.717) is 34.8 Å². The molecule has 0 unspecified atom stereocenters. The fourth-order valence-corrected chi connectivity index (χ4v) is 2.41. The number of anilines is 1. The van der Waals surface area contributed by atoms with Crippen LogP contribution in [0.1, 0.15) is 26.3 Å². The van der Waals surface area contributed by atoms with Crippen molar-refractivity contribution in [2.45, 2.75) is 40.0 Å². The van der Waals surface area contributed by atoms with Gasteiger partial charge in [0, 0.05) is 13.1 Å². The first-order valence-corrected chi connectivity index (χ1v) is 7.41. The number of nitrogens with one attached hydrogen (secondary N) is 1. The van der Waals surface area contributed by atoms with E-state index in [9.17, 15) is 0 Å². The summed E-state index contributed by atoms with van der Waals surface area (Å²) in [6.07, 6.45) is 0.0122. The summed E-state index contributed by atoms with van der Waals surface area (Å²) in [5, 5.41) is 15.5. The summed E-state index contributed by atoms with van der Waals surface area (Å²) in [6, 6.07) is 3.64. The number of aryl methyl sites for hydroxylation is 1. The van der Waals surface area contributed by atoms with E-state index in [1.165, 1.54) is 0 Å². The molecule has 0 bridgehead atoms. The molecule has 1 heterocycles. The Hall–Kier alpha value is -1.53. The van der Waals surface area contributed by atoms with Gasteiger partial charge in [-0.05, 0) is 48.9 Å². The molecule has 0 saturated heterocycles. The minimum Gasteiger partial charge on any atom is -0.488 e. The molecule has 2 rings (SSSR count). The van der Waals surface area contributed by atoms with Crippen molar-refractivity contribution < 1.29 is 4.74 Å². The lowest BCUT2D eigenvalue weighted by Gasteiger charge is -2.14. The molecular formula is C13H17Cl2N5O. The molecule has 21 heavy (non-hydrogen) atoms. The van der Waals surface area contributed by atoms with Gasteiger partial charge < -0.3 is 10.1 Å². The Morgan fingerprint density at radius 2 is 1.95 bits per heavy atom. The van der Waals surface area contributed by atoms with Crippen LogP contribution in [0, 0.1) is 0 Å². The van der Waals surface area contributed by atoms with E-state index in [1.54, 1.807) is 4.68 Å². The molecule has 1 aromatic carbocycles. The van der Waals surface area contributed by atoms with Crippen LogP contribution < -0.4 is 10.1 Å². The fourth-order valence-electron chi connectivity index (χ4n) is 1.79. The SMILES string of the molecule is CCn1nnnc1NCc1cc(Cl)c(OC(C)C)c(Cl)c1. The van der Waals surface area contributed by atoms with Crippen molar-refractivity contribution in [1.29, 1.82) is 0 Å². The topological polar surface area (TPSA) is 64.9 Å². The van der Waals surface area contributed by atoms with Crippen molar-refractivity contribution in [1.82, 2.24) is 20.2 Å². The van der Waals surface area contributed by atoms with Gasteiger partial charge in [-0.2, -0.15) is 0 Å². The smallest absolute Gasteiger partial charge is 0.243 e. The molecule has 0 radical (unpaired) electrons. The van der Waals surface area contributed by atoms with Crippen LogP contribution in [-0.4, -0.2) is 26.3 Å². The van der Waals surface area contributed by atoms with Crippen LogP contribution in [-0.2, 0) is 13.1 Å². The second kappa shape index (κ2) is 6.95. The van der Waals surface area contributed by atoms with Crippen molar-refractivity contribution in [2.24, 2.45) is 0 Å². The molecule has 1 N–H and O–H groups in total. The molecule has 0 aliphatic carbocycles. The van der Waals surface area contributed by atoms with Gasteiger partial charge >= 0.3 is 0 Å². The molecular weight excluding hydrogens is 313 g/mol. The van der Waals surface area contributed by atoms with E-state index in [2.05, 4.69) is 20.8 Å². The summed E-state index contributed by atoms with van der Waals surface area (Å²) < 4.78 is 7.26. The van der Waals surface area contributed by atoms with E-state index < -0.39 is 0 Å². The van der Waals surface area contributed by atoms with E-state index in [-0.39, 0.29) is 6.10 Å². The van der Waals surface area contributed by atoms with E-state index in [0.717, 1.165) is 5.56 Å². The normalized spacial score (nSPS) is 11.0. The third-order valence-corrected chi connectivity index (χ3v) is 3.26. The average molecular weight is 330 g/mol. The largest absolute Gasteiger partial charge is 0.488 e. The van der Waals surface area contributed by atoms with Gasteiger partial charge in [0.1, 0.15) is 0 Å². The Bertz CT molecular complexity index is 591. The molecule has 0 spiro atoms. The van der Waals surface area contributed by atoms with E-state index in [1.807, 2.05) is 32.9 Å². The van der Waals surface area contributed by atoms with Gasteiger partial charge in [0.25, 0.3) is 0 Å². The van der Waals surface area contributed by atoms with Gasteiger partial charge in [-0.15, -0.1) is 0 Å². The number of rotatable bonds is 6. The minimum atomic E-state index is 0.0122. The third-order valence-electron chi connectivity index (χ3n) is 2.69. The molecule has 1 aromatic heterocycles. The summed E-state index contributed by atoms with van der Waals surface area (Å²) in [7, 11) is 0. The highest BCUT2D eigenvalue weighted by molar-refractivity contribution is 6.37. The lowest BCUT2D eigenvalue weighted by atomic mass is 10.2. The van der Waals surface area contributed by atoms with Gasteiger partial charge in [-0.3, -0.25) is 0 Å². The number of nitrogens with zero attached hydrogens (tertiary/aromatic N) is 4. The van der Waals surface area contributed by atoms with E-state index >= 15 is 0 Å². The van der Waals surface area contributed by atoms with Crippen LogP contribution in [0.2, 0.25) is 10.0 Å². The van der Waals surface area contributed by atoms with Crippen molar-refractivity contribution >= 4 is 29.2 Å². The number of ether oxygens (including phenoxy) is 1. The van der Waals surface area contributed by atoms with Gasteiger partial charge in [-0.1, -0.05) is 28.3 Å². The highest BCUT2D eigenvalue weighted by atomic mass is 35.5. The Labute approximate surface area is 133 Å². The molecule has 2 aromatic rings. The number of hydrogen-bond acceptors (Lipinski definition) is 5. The van der Waals surface area contributed by atoms with Gasteiger partial charge in [0.05, 0.1) is 16.1 Å². The lowest BCUT2D eigenvalue weighted by molar-refractivity contribution is 0.242. The standard InChI is InChI=1S/C13H17Cl2N5O/c1-4-20-13(17-18-19-20)16-7-9-5-10(14)12(11(15)6-9)21-8(2)3/h5-6,8H,4,7H2,1-3H3,(H,16,17,19). The van der Waals surface area contributed by atoms with Gasteiger partial charge in [-0.25, -0.2) is 4.68 Å². The Morgan fingerprint density at radius 1 is 1.29 bits per heavy atom. The monoisotopic (exact) mass is 329 g/mol. The van der Waals surface area contributed by atoms with Crippen molar-refractivity contribution in [3.63, 3.8) is 0 Å². The zero-order valence-corrected chi connectivity index (χ0v) is 13.6. The minimum absolute atomic E-state index is 0.0122. The first-order chi connectivity index (χ1) is 10.0. The highest BCUT2D eigenvalue weighted by Crippen LogP contribution is 2.35. The number of tetrazole rings is 1. The highest BCUT2D eigenvalue weighted by Gasteiger charge is 2.12. The Kier molecular flexibility index (Phi) is 5.25. The van der Waals surface area contributed by atoms with Crippen LogP contribution in [0.15, 0.2) is 12.1 Å². The molecule has 114 valence electrons. The zero-order chi connectivity index (χ0) is 15.4. The summed E-state index contributed by atoms with van der Waals surface area (Å²) in [4.78, 5) is 0. The predicted octanol–water partition coefficient (Wildman–Crippen LogP) is 3.40. The summed E-state index contributed by atoms with van der Waals surface area (Å²) in [5.74, 6) is 1.11. The van der Waals surface area contributed by atoms with Crippen molar-refractivity contribution in [3.8, 4) is 5.75 Å². The lowest BCUT2D eigenvalue weighted by Crippen LogP contribution is -2.09. The Balaban J connectivity index is 2.11. The van der Waals surface area contributed by atoms with Gasteiger partial charge in [0.2, 0.25) is 5.95 Å². The number of halogens is 2. The first kappa shape index (κ1) is 15.9.